The average molecular weight is 430 g/mol. The number of halogens is 1. The van der Waals surface area contributed by atoms with Crippen LogP contribution in [-0.4, -0.2) is 27.3 Å². The Balaban J connectivity index is 1.59. The molecule has 0 aliphatic rings. The first kappa shape index (κ1) is 21.2. The van der Waals surface area contributed by atoms with Crippen LogP contribution in [0.4, 0.5) is 10.1 Å². The van der Waals surface area contributed by atoms with Crippen molar-refractivity contribution < 1.29 is 13.9 Å². The molecule has 0 aliphatic heterocycles. The summed E-state index contributed by atoms with van der Waals surface area (Å²) in [4.78, 5) is 16.9. The molecule has 32 heavy (non-hydrogen) atoms. The zero-order valence-electron chi connectivity index (χ0n) is 17.9. The molecule has 6 nitrogen and oxygen atoms in total. The maximum absolute atomic E-state index is 13.8. The molecule has 162 valence electrons. The molecule has 3 aromatic carbocycles. The van der Waals surface area contributed by atoms with E-state index in [1.165, 1.54) is 17.7 Å². The number of benzene rings is 3. The Labute approximate surface area is 185 Å². The van der Waals surface area contributed by atoms with Crippen molar-refractivity contribution in [2.24, 2.45) is 0 Å². The van der Waals surface area contributed by atoms with Crippen molar-refractivity contribution in [2.75, 3.05) is 11.9 Å². The summed E-state index contributed by atoms with van der Waals surface area (Å²) in [6.07, 6.45) is 0.925. The quantitative estimate of drug-likeness (QED) is 0.433. The van der Waals surface area contributed by atoms with Crippen LogP contribution in [0.15, 0.2) is 72.8 Å². The fraction of sp³-hybridized carbons (Fsp3) is 0.160. The molecule has 1 amide bonds. The molecule has 0 unspecified atom stereocenters. The maximum Gasteiger partial charge on any atom is 0.336 e. The van der Waals surface area contributed by atoms with Crippen LogP contribution in [0.1, 0.15) is 29.8 Å². The van der Waals surface area contributed by atoms with Crippen LogP contribution in [-0.2, 0) is 6.42 Å². The minimum Gasteiger partial charge on any atom is -0.463 e. The van der Waals surface area contributed by atoms with Crippen LogP contribution in [0, 0.1) is 5.82 Å². The zero-order chi connectivity index (χ0) is 22.5. The normalized spacial score (nSPS) is 10.7. The minimum atomic E-state index is -0.361. The molecule has 1 N–H and O–H groups in total. The van der Waals surface area contributed by atoms with Gasteiger partial charge in [-0.25, -0.2) is 9.07 Å². The summed E-state index contributed by atoms with van der Waals surface area (Å²) in [6, 6.07) is 21.1. The van der Waals surface area contributed by atoms with Crippen molar-refractivity contribution in [1.82, 2.24) is 14.8 Å². The largest absolute Gasteiger partial charge is 0.463 e. The summed E-state index contributed by atoms with van der Waals surface area (Å²) in [5.74, 6) is -0.0824. The van der Waals surface area contributed by atoms with Gasteiger partial charge in [0.1, 0.15) is 5.82 Å². The Morgan fingerprint density at radius 3 is 2.44 bits per heavy atom. The molecular formula is C25H23FN4O2. The monoisotopic (exact) mass is 430 g/mol. The van der Waals surface area contributed by atoms with Gasteiger partial charge in [0.2, 0.25) is 0 Å². The second-order valence-electron chi connectivity index (χ2n) is 7.12. The van der Waals surface area contributed by atoms with Gasteiger partial charge in [-0.2, -0.15) is 4.98 Å². The van der Waals surface area contributed by atoms with Crippen LogP contribution < -0.4 is 10.1 Å². The van der Waals surface area contributed by atoms with Gasteiger partial charge in [-0.15, -0.1) is 5.10 Å². The highest BCUT2D eigenvalue weighted by atomic mass is 19.1. The molecule has 1 heterocycles. The van der Waals surface area contributed by atoms with Gasteiger partial charge < -0.3 is 10.1 Å². The Bertz CT molecular complexity index is 1220. The van der Waals surface area contributed by atoms with Crippen LogP contribution >= 0.6 is 0 Å². The number of anilines is 1. The number of ether oxygens (including phenoxy) is 1. The highest BCUT2D eigenvalue weighted by molar-refractivity contribution is 6.04. The predicted octanol–water partition coefficient (Wildman–Crippen LogP) is 5.29. The molecule has 0 atom stereocenters. The van der Waals surface area contributed by atoms with Crippen LogP contribution in [0.2, 0.25) is 0 Å². The van der Waals surface area contributed by atoms with E-state index in [1.54, 1.807) is 28.9 Å². The number of aromatic nitrogens is 3. The molecule has 0 spiro atoms. The molecular weight excluding hydrogens is 407 g/mol. The Morgan fingerprint density at radius 1 is 1.03 bits per heavy atom. The second kappa shape index (κ2) is 9.43. The Kier molecular flexibility index (Phi) is 6.26. The molecule has 1 aromatic heterocycles. The third-order valence-electron chi connectivity index (χ3n) is 4.94. The molecule has 0 saturated heterocycles. The lowest BCUT2D eigenvalue weighted by atomic mass is 10.1. The van der Waals surface area contributed by atoms with E-state index in [0.717, 1.165) is 6.42 Å². The third-order valence-corrected chi connectivity index (χ3v) is 4.94. The van der Waals surface area contributed by atoms with Gasteiger partial charge in [-0.3, -0.25) is 4.79 Å². The van der Waals surface area contributed by atoms with Crippen molar-refractivity contribution >= 4 is 11.6 Å². The first-order valence-corrected chi connectivity index (χ1v) is 10.4. The van der Waals surface area contributed by atoms with E-state index < -0.39 is 0 Å². The van der Waals surface area contributed by atoms with Crippen molar-refractivity contribution in [3.05, 3.63) is 89.7 Å². The van der Waals surface area contributed by atoms with E-state index in [9.17, 15) is 9.18 Å². The summed E-state index contributed by atoms with van der Waals surface area (Å²) >= 11 is 0. The summed E-state index contributed by atoms with van der Waals surface area (Å²) in [5.41, 5.74) is 3.71. The number of carbonyl (C=O) groups excluding carboxylic acids is 1. The van der Waals surface area contributed by atoms with Gasteiger partial charge in [0, 0.05) is 16.8 Å². The number of nitrogens with zero attached hydrogens (tertiary/aromatic N) is 3. The average Bonchev–Trinajstić information content (AvgIpc) is 3.24. The fourth-order valence-electron chi connectivity index (χ4n) is 3.26. The molecule has 4 aromatic rings. The first-order valence-electron chi connectivity index (χ1n) is 10.4. The number of carbonyl (C=O) groups is 1. The van der Waals surface area contributed by atoms with Crippen molar-refractivity contribution in [3.63, 3.8) is 0 Å². The van der Waals surface area contributed by atoms with E-state index in [4.69, 9.17) is 4.74 Å². The molecule has 0 aliphatic carbocycles. The first-order chi connectivity index (χ1) is 15.6. The standard InChI is InChI=1S/C25H23FN4O2/c1-3-17-8-10-18(11-9-17)24(31)27-21-12-14-22(15-13-21)30-23(28-25(29-30)32-4-2)19-6-5-7-20(26)16-19/h5-16H,3-4H2,1-2H3,(H,27,31). The van der Waals surface area contributed by atoms with Gasteiger partial charge in [-0.05, 0) is 67.4 Å². The molecule has 4 rings (SSSR count). The summed E-state index contributed by atoms with van der Waals surface area (Å²) in [6.45, 7) is 4.33. The topological polar surface area (TPSA) is 69.0 Å². The minimum absolute atomic E-state index is 0.180. The number of hydrogen-bond donors (Lipinski definition) is 1. The van der Waals surface area contributed by atoms with Crippen molar-refractivity contribution in [2.45, 2.75) is 20.3 Å². The highest BCUT2D eigenvalue weighted by Gasteiger charge is 2.15. The molecule has 0 bridgehead atoms. The highest BCUT2D eigenvalue weighted by Crippen LogP contribution is 2.25. The lowest BCUT2D eigenvalue weighted by molar-refractivity contribution is 0.102. The Morgan fingerprint density at radius 2 is 1.78 bits per heavy atom. The molecule has 7 heteroatoms. The van der Waals surface area contributed by atoms with E-state index in [0.29, 0.717) is 34.9 Å². The van der Waals surface area contributed by atoms with Crippen LogP contribution in [0.25, 0.3) is 17.1 Å². The fourth-order valence-corrected chi connectivity index (χ4v) is 3.26. The summed E-state index contributed by atoms with van der Waals surface area (Å²) in [7, 11) is 0. The van der Waals surface area contributed by atoms with Gasteiger partial charge >= 0.3 is 6.01 Å². The maximum atomic E-state index is 13.8. The second-order valence-corrected chi connectivity index (χ2v) is 7.12. The van der Waals surface area contributed by atoms with Gasteiger partial charge in [-0.1, -0.05) is 31.2 Å². The third kappa shape index (κ3) is 4.67. The van der Waals surface area contributed by atoms with Crippen molar-refractivity contribution in [1.29, 1.82) is 0 Å². The van der Waals surface area contributed by atoms with Gasteiger partial charge in [0.15, 0.2) is 5.82 Å². The number of amides is 1. The van der Waals surface area contributed by atoms with E-state index in [2.05, 4.69) is 22.3 Å². The predicted molar refractivity (Wildman–Crippen MR) is 122 cm³/mol. The van der Waals surface area contributed by atoms with E-state index in [1.807, 2.05) is 43.3 Å². The lowest BCUT2D eigenvalue weighted by Crippen LogP contribution is -2.12. The summed E-state index contributed by atoms with van der Waals surface area (Å²) < 4.78 is 20.8. The van der Waals surface area contributed by atoms with E-state index >= 15 is 0 Å². The Hall–Kier alpha value is -4.00. The number of rotatable bonds is 7. The molecule has 0 saturated carbocycles. The molecule has 0 fully saturated rings. The van der Waals surface area contributed by atoms with E-state index in [-0.39, 0.29) is 17.7 Å². The number of aryl methyl sites for hydroxylation is 1. The van der Waals surface area contributed by atoms with Crippen molar-refractivity contribution in [3.8, 4) is 23.1 Å². The number of hydrogen-bond acceptors (Lipinski definition) is 4. The molecule has 0 radical (unpaired) electrons. The van der Waals surface area contributed by atoms with Gasteiger partial charge in [0.05, 0.1) is 12.3 Å². The smallest absolute Gasteiger partial charge is 0.336 e. The van der Waals surface area contributed by atoms with Crippen LogP contribution in [0.5, 0.6) is 6.01 Å². The SMILES string of the molecule is CCOc1nc(-c2cccc(F)c2)n(-c2ccc(NC(=O)c3ccc(CC)cc3)cc2)n1. The zero-order valence-corrected chi connectivity index (χ0v) is 17.9. The number of nitrogens with one attached hydrogen (secondary N) is 1. The lowest BCUT2D eigenvalue weighted by Gasteiger charge is -2.09. The van der Waals surface area contributed by atoms with Crippen LogP contribution in [0.3, 0.4) is 0 Å². The summed E-state index contributed by atoms with van der Waals surface area (Å²) in [5, 5.41) is 7.30. The van der Waals surface area contributed by atoms with Gasteiger partial charge in [0.25, 0.3) is 5.91 Å².